The van der Waals surface area contributed by atoms with Crippen molar-refractivity contribution in [2.75, 3.05) is 51.3 Å². The Morgan fingerprint density at radius 2 is 1.23 bits per heavy atom. The van der Waals surface area contributed by atoms with Gasteiger partial charge in [0.15, 0.2) is 5.96 Å². The molecule has 0 unspecified atom stereocenters. The van der Waals surface area contributed by atoms with E-state index in [1.165, 1.54) is 33.7 Å². The third-order valence-corrected chi connectivity index (χ3v) is 14.6. The van der Waals surface area contributed by atoms with Crippen molar-refractivity contribution in [2.24, 2.45) is 27.9 Å². The fourth-order valence-electron chi connectivity index (χ4n) is 9.51. The van der Waals surface area contributed by atoms with E-state index in [4.69, 9.17) is 22.9 Å². The van der Waals surface area contributed by atoms with E-state index in [1.807, 2.05) is 0 Å². The van der Waals surface area contributed by atoms with Crippen molar-refractivity contribution in [1.82, 2.24) is 47.0 Å². The summed E-state index contributed by atoms with van der Waals surface area (Å²) in [6.45, 7) is -0.957. The van der Waals surface area contributed by atoms with E-state index < -0.39 is 139 Å². The molecule has 2 aromatic rings. The van der Waals surface area contributed by atoms with Gasteiger partial charge in [0.2, 0.25) is 53.2 Å². The topological polar surface area (TPSA) is 476 Å². The number of aliphatic hydroxyl groups excluding tert-OH is 1. The summed E-state index contributed by atoms with van der Waals surface area (Å²) in [7, 11) is 0. The molecule has 0 saturated carbocycles. The first-order chi connectivity index (χ1) is 40.1. The number of aromatic hydroxyl groups is 1. The zero-order valence-corrected chi connectivity index (χ0v) is 47.7. The van der Waals surface area contributed by atoms with E-state index in [0.717, 1.165) is 0 Å². The normalized spacial score (nSPS) is 17.1. The maximum absolute atomic E-state index is 14.5. The summed E-state index contributed by atoms with van der Waals surface area (Å²) in [6, 6.07) is 2.10. The minimum absolute atomic E-state index is 0.00104. The third kappa shape index (κ3) is 22.2. The molecule has 84 heavy (non-hydrogen) atoms. The highest BCUT2D eigenvalue weighted by atomic mass is 32.2. The van der Waals surface area contributed by atoms with Gasteiger partial charge in [0.05, 0.1) is 25.6 Å². The molecule has 29 nitrogen and oxygen atoms in total. The highest BCUT2D eigenvalue weighted by Gasteiger charge is 2.44. The summed E-state index contributed by atoms with van der Waals surface area (Å²) in [4.78, 5) is 155. The SMILES string of the molecule is CSCC[C@H](NC(=O)[C@H](CC(=O)O)NC(=O)[C@H](CCCCN)NC(=O)[C@H](Cc1ccccc1)NC(=O)[C@H](CO)NC(=O)[C@@H](N)Cc1ccc(O)cc1)C(=O)N1CCC[C@H]1C(=O)N1CCC[C@H]1C(=O)NCC(=O)N[C@@H](CCCN=C(N)N)C(=O)O. The number of amides is 9. The Kier molecular flexibility index (Phi) is 28.6. The number of carboxylic acids is 2. The molecule has 0 bridgehead atoms. The fourth-order valence-corrected chi connectivity index (χ4v) is 9.98. The second-order valence-corrected chi connectivity index (χ2v) is 21.3. The lowest BCUT2D eigenvalue weighted by Crippen LogP contribution is -2.61. The Hall–Kier alpha value is -8.09. The number of hydrogen-bond donors (Lipinski definition) is 15. The largest absolute Gasteiger partial charge is 0.508 e. The summed E-state index contributed by atoms with van der Waals surface area (Å²) < 4.78 is 0. The van der Waals surface area contributed by atoms with E-state index in [9.17, 15) is 73.2 Å². The van der Waals surface area contributed by atoms with Crippen LogP contribution in [0.3, 0.4) is 0 Å². The van der Waals surface area contributed by atoms with Gasteiger partial charge < -0.3 is 90.4 Å². The van der Waals surface area contributed by atoms with Gasteiger partial charge in [-0.25, -0.2) is 4.79 Å². The summed E-state index contributed by atoms with van der Waals surface area (Å²) in [5.41, 5.74) is 23.6. The Morgan fingerprint density at radius 1 is 0.655 bits per heavy atom. The number of aliphatic carboxylic acids is 2. The molecular formula is C54H80N14O15S. The van der Waals surface area contributed by atoms with Crippen LogP contribution in [0, 0.1) is 0 Å². The number of thioether (sulfide) groups is 1. The number of carbonyl (C=O) groups is 11. The number of benzene rings is 2. The lowest BCUT2D eigenvalue weighted by Gasteiger charge is -2.33. The van der Waals surface area contributed by atoms with Crippen LogP contribution in [0.5, 0.6) is 5.75 Å². The van der Waals surface area contributed by atoms with Gasteiger partial charge in [0.1, 0.15) is 54.1 Å². The number of hydrogen-bond acceptors (Lipinski definition) is 17. The van der Waals surface area contributed by atoms with Gasteiger partial charge in [0.25, 0.3) is 0 Å². The van der Waals surface area contributed by atoms with Gasteiger partial charge in [-0.3, -0.25) is 52.9 Å². The summed E-state index contributed by atoms with van der Waals surface area (Å²) in [6.07, 6.45) is 2.62. The Labute approximate surface area is 490 Å². The monoisotopic (exact) mass is 1200 g/mol. The van der Waals surface area contributed by atoms with Crippen LogP contribution in [0.25, 0.3) is 0 Å². The number of phenols is 1. The smallest absolute Gasteiger partial charge is 0.326 e. The number of carboxylic acid groups (broad SMARTS) is 2. The zero-order chi connectivity index (χ0) is 61.9. The van der Waals surface area contributed by atoms with Gasteiger partial charge in [-0.15, -0.1) is 0 Å². The van der Waals surface area contributed by atoms with Crippen LogP contribution in [0.15, 0.2) is 59.6 Å². The summed E-state index contributed by atoms with van der Waals surface area (Å²) >= 11 is 1.33. The molecule has 2 aliphatic rings. The third-order valence-electron chi connectivity index (χ3n) is 13.9. The van der Waals surface area contributed by atoms with E-state index in [1.54, 1.807) is 48.7 Å². The van der Waals surface area contributed by atoms with Crippen LogP contribution in [-0.4, -0.2) is 207 Å². The van der Waals surface area contributed by atoms with E-state index >= 15 is 0 Å². The first-order valence-electron chi connectivity index (χ1n) is 27.6. The zero-order valence-electron chi connectivity index (χ0n) is 46.9. The second kappa shape index (κ2) is 35.1. The Bertz CT molecular complexity index is 2620. The number of aliphatic hydroxyl groups is 1. The highest BCUT2D eigenvalue weighted by Crippen LogP contribution is 2.26. The van der Waals surface area contributed by atoms with Crippen LogP contribution in [0.2, 0.25) is 0 Å². The molecule has 30 heteroatoms. The minimum Gasteiger partial charge on any atom is -0.508 e. The average Bonchev–Trinajstić information content (AvgIpc) is 4.38. The molecule has 462 valence electrons. The molecule has 0 radical (unpaired) electrons. The van der Waals surface area contributed by atoms with Gasteiger partial charge in [-0.2, -0.15) is 11.8 Å². The number of nitrogens with one attached hydrogen (secondary N) is 7. The van der Waals surface area contributed by atoms with Crippen molar-refractivity contribution in [2.45, 2.75) is 138 Å². The number of phenolic OH excluding ortho intramolecular Hbond substituents is 1. The quantitative estimate of drug-likeness (QED) is 0.0178. The summed E-state index contributed by atoms with van der Waals surface area (Å²) in [5, 5.41) is 56.8. The van der Waals surface area contributed by atoms with Crippen molar-refractivity contribution < 1.29 is 73.2 Å². The predicted octanol–water partition coefficient (Wildman–Crippen LogP) is -4.00. The van der Waals surface area contributed by atoms with Crippen molar-refractivity contribution >= 4 is 82.8 Å². The van der Waals surface area contributed by atoms with Gasteiger partial charge in [-0.1, -0.05) is 42.5 Å². The summed E-state index contributed by atoms with van der Waals surface area (Å²) in [5.74, 6) is -10.2. The standard InChI is InChI=1S/C54H80N14O15S/c1-84-25-20-36(51(80)68-24-9-15-42(68)52(81)67-23-8-14-41(67)50(79)60-29-43(71)61-37(53(82)83)13-7-22-59-54(57)58)63-48(77)39(28-44(72)73)65-46(75)35(12-5-6-21-55)62-47(76)38(27-31-10-3-2-4-11-31)64-49(78)40(30-69)66-45(74)34(56)26-32-16-18-33(70)19-17-32/h2-4,10-11,16-19,34-42,69-70H,5-9,12-15,20-30,55-56H2,1H3,(H,60,79)(H,61,71)(H,62,76)(H,63,77)(H,64,78)(H,65,75)(H,66,74)(H,72,73)(H,82,83)(H4,57,58,59)/t34-,35-,36-,37-,38-,39-,40-,41-,42-/m0/s1. The highest BCUT2D eigenvalue weighted by molar-refractivity contribution is 7.98. The molecule has 0 aliphatic carbocycles. The number of nitrogens with zero attached hydrogens (tertiary/aromatic N) is 3. The van der Waals surface area contributed by atoms with Crippen LogP contribution < -0.4 is 60.2 Å². The molecule has 2 saturated heterocycles. The number of likely N-dealkylation sites (tertiary alicyclic amines) is 2. The second-order valence-electron chi connectivity index (χ2n) is 20.3. The molecule has 0 spiro atoms. The molecule has 2 fully saturated rings. The molecular weight excluding hydrogens is 1120 g/mol. The maximum atomic E-state index is 14.5. The number of aliphatic imine (C=N–C) groups is 1. The number of nitrogens with two attached hydrogens (primary N) is 4. The lowest BCUT2D eigenvalue weighted by molar-refractivity contribution is -0.148. The number of unbranched alkanes of at least 4 members (excludes halogenated alkanes) is 1. The van der Waals surface area contributed by atoms with Crippen LogP contribution >= 0.6 is 11.8 Å². The Balaban J connectivity index is 1.47. The van der Waals surface area contributed by atoms with E-state index in [-0.39, 0.29) is 95.7 Å². The Morgan fingerprint density at radius 3 is 1.86 bits per heavy atom. The van der Waals surface area contributed by atoms with E-state index in [0.29, 0.717) is 36.1 Å². The van der Waals surface area contributed by atoms with Crippen LogP contribution in [0.4, 0.5) is 0 Å². The van der Waals surface area contributed by atoms with Crippen molar-refractivity contribution in [3.05, 3.63) is 65.7 Å². The molecule has 0 aromatic heterocycles. The van der Waals surface area contributed by atoms with Crippen LogP contribution in [0.1, 0.15) is 81.8 Å². The van der Waals surface area contributed by atoms with E-state index in [2.05, 4.69) is 42.2 Å². The van der Waals surface area contributed by atoms with Gasteiger partial charge >= 0.3 is 11.9 Å². The van der Waals surface area contributed by atoms with Crippen molar-refractivity contribution in [1.29, 1.82) is 0 Å². The molecule has 9 atom stereocenters. The van der Waals surface area contributed by atoms with Crippen LogP contribution in [-0.2, 0) is 65.6 Å². The molecule has 9 amide bonds. The number of guanidine groups is 1. The minimum atomic E-state index is -1.82. The molecule has 4 rings (SSSR count). The van der Waals surface area contributed by atoms with Gasteiger partial charge in [0, 0.05) is 26.1 Å². The maximum Gasteiger partial charge on any atom is 0.326 e. The number of rotatable bonds is 35. The van der Waals surface area contributed by atoms with Gasteiger partial charge in [-0.05, 0) is 112 Å². The number of carbonyl (C=O) groups excluding carboxylic acids is 9. The molecule has 2 aromatic carbocycles. The van der Waals surface area contributed by atoms with Crippen molar-refractivity contribution in [3.63, 3.8) is 0 Å². The predicted molar refractivity (Wildman–Crippen MR) is 307 cm³/mol. The molecule has 2 aliphatic heterocycles. The average molecular weight is 1200 g/mol. The first kappa shape index (κ1) is 68.4. The molecule has 2 heterocycles. The fraction of sp³-hybridized carbons (Fsp3) is 0.556. The molecule has 19 N–H and O–H groups in total. The first-order valence-corrected chi connectivity index (χ1v) is 29.0. The van der Waals surface area contributed by atoms with Crippen molar-refractivity contribution in [3.8, 4) is 5.75 Å². The lowest BCUT2D eigenvalue weighted by atomic mass is 10.0.